The molecule has 0 radical (unpaired) electrons. The van der Waals surface area contributed by atoms with E-state index in [1.807, 2.05) is 20.8 Å². The van der Waals surface area contributed by atoms with E-state index in [1.165, 1.54) is 19.2 Å². The average Bonchev–Trinajstić information content (AvgIpc) is 3.48. The first-order chi connectivity index (χ1) is 14.6. The zero-order valence-corrected chi connectivity index (χ0v) is 18.1. The van der Waals surface area contributed by atoms with Crippen molar-refractivity contribution in [2.24, 2.45) is 5.41 Å². The molecule has 1 aromatic heterocycles. The molecule has 0 aromatic carbocycles. The van der Waals surface area contributed by atoms with Crippen LogP contribution in [0.2, 0.25) is 0 Å². The Kier molecular flexibility index (Phi) is 7.56. The van der Waals surface area contributed by atoms with Crippen LogP contribution >= 0.6 is 0 Å². The van der Waals surface area contributed by atoms with E-state index >= 15 is 0 Å². The fourth-order valence-corrected chi connectivity index (χ4v) is 2.82. The number of alkyl halides is 5. The Bertz CT molecular complexity index is 836. The first-order valence-corrected chi connectivity index (χ1v) is 9.91. The number of nitrogens with one attached hydrogen (secondary N) is 2. The summed E-state index contributed by atoms with van der Waals surface area (Å²) in [6.45, 7) is 3.65. The third kappa shape index (κ3) is 7.20. The topological polar surface area (TPSA) is 89.6 Å². The van der Waals surface area contributed by atoms with Crippen molar-refractivity contribution in [3.63, 3.8) is 0 Å². The molecule has 2 N–H and O–H groups in total. The maximum absolute atomic E-state index is 13.3. The van der Waals surface area contributed by atoms with Gasteiger partial charge < -0.3 is 20.1 Å². The van der Waals surface area contributed by atoms with Crippen molar-refractivity contribution in [1.82, 2.24) is 15.6 Å². The second kappa shape index (κ2) is 9.45. The van der Waals surface area contributed by atoms with Gasteiger partial charge >= 0.3 is 18.2 Å². The summed E-state index contributed by atoms with van der Waals surface area (Å²) in [5.41, 5.74) is 0.0472. The number of ether oxygens (including phenoxy) is 2. The van der Waals surface area contributed by atoms with Gasteiger partial charge in [-0.1, -0.05) is 20.8 Å². The van der Waals surface area contributed by atoms with E-state index in [9.17, 15) is 31.5 Å². The van der Waals surface area contributed by atoms with Gasteiger partial charge in [0.2, 0.25) is 17.7 Å². The molecule has 12 heteroatoms. The first-order valence-electron chi connectivity index (χ1n) is 9.91. The number of nitrogens with zero attached hydrogens (tertiary/aromatic N) is 1. The minimum absolute atomic E-state index is 0.0794. The molecule has 0 aliphatic heterocycles. The van der Waals surface area contributed by atoms with Crippen LogP contribution in [0, 0.1) is 5.41 Å². The van der Waals surface area contributed by atoms with Gasteiger partial charge in [0.05, 0.1) is 0 Å². The quantitative estimate of drug-likeness (QED) is 0.560. The van der Waals surface area contributed by atoms with Crippen LogP contribution in [-0.4, -0.2) is 48.8 Å². The summed E-state index contributed by atoms with van der Waals surface area (Å²) in [6, 6.07) is 1.76. The number of hydrogen-bond donors (Lipinski definition) is 2. The highest BCUT2D eigenvalue weighted by molar-refractivity contribution is 5.85. The number of rotatable bonds is 8. The van der Waals surface area contributed by atoms with Crippen molar-refractivity contribution in [3.05, 3.63) is 17.7 Å². The number of amides is 2. The van der Waals surface area contributed by atoms with Crippen molar-refractivity contribution in [3.8, 4) is 11.8 Å². The lowest BCUT2D eigenvalue weighted by molar-refractivity contribution is -0.290. The summed E-state index contributed by atoms with van der Waals surface area (Å²) in [5, 5.41) is 4.82. The SMILES string of the molecule is CNC(=O)[C@H](CC(C)(C)C)NC(=O)Oc1ccc(C2CC2)c(OCC(F)(F)C(F)(F)F)n1. The first kappa shape index (κ1) is 25.6. The van der Waals surface area contributed by atoms with Crippen LogP contribution in [0.25, 0.3) is 0 Å². The van der Waals surface area contributed by atoms with Crippen LogP contribution in [0.5, 0.6) is 11.8 Å². The second-order valence-electron chi connectivity index (χ2n) is 8.77. The number of carbonyl (C=O) groups is 2. The highest BCUT2D eigenvalue weighted by Gasteiger charge is 2.58. The molecule has 1 aromatic rings. The molecule has 1 aliphatic rings. The summed E-state index contributed by atoms with van der Waals surface area (Å²) < 4.78 is 73.5. The molecule has 0 saturated heterocycles. The van der Waals surface area contributed by atoms with Crippen LogP contribution in [0.1, 0.15) is 51.5 Å². The van der Waals surface area contributed by atoms with Gasteiger partial charge in [0.15, 0.2) is 6.61 Å². The van der Waals surface area contributed by atoms with Gasteiger partial charge in [0.25, 0.3) is 0 Å². The molecule has 2 amide bonds. The largest absolute Gasteiger partial charge is 0.471 e. The number of hydrogen-bond acceptors (Lipinski definition) is 5. The number of halogens is 5. The zero-order chi connectivity index (χ0) is 24.3. The normalized spacial score (nSPS) is 15.7. The lowest BCUT2D eigenvalue weighted by Crippen LogP contribution is -2.48. The van der Waals surface area contributed by atoms with Crippen LogP contribution in [0.3, 0.4) is 0 Å². The molecule has 0 unspecified atom stereocenters. The predicted molar refractivity (Wildman–Crippen MR) is 104 cm³/mol. The molecule has 0 spiro atoms. The van der Waals surface area contributed by atoms with Crippen LogP contribution < -0.4 is 20.1 Å². The Hall–Kier alpha value is -2.66. The second-order valence-corrected chi connectivity index (χ2v) is 8.77. The van der Waals surface area contributed by atoms with E-state index in [0.717, 1.165) is 0 Å². The Balaban J connectivity index is 2.13. The standard InChI is InChI=1S/C20H26F5N3O4/c1-18(2,3)9-13(15(29)26-4)27-17(30)32-14-8-7-12(11-5-6-11)16(28-14)31-10-19(21,22)20(23,24)25/h7-8,11,13H,5-6,9-10H2,1-4H3,(H,26,29)(H,27,30)/t13-/m0/s1. The molecule has 2 rings (SSSR count). The molecule has 7 nitrogen and oxygen atoms in total. The van der Waals surface area contributed by atoms with Gasteiger partial charge in [-0.2, -0.15) is 26.9 Å². The Morgan fingerprint density at radius 2 is 1.78 bits per heavy atom. The molecule has 180 valence electrons. The number of likely N-dealkylation sites (N-methyl/N-ethyl adjacent to an activating group) is 1. The number of carbonyl (C=O) groups excluding carboxylic acids is 2. The highest BCUT2D eigenvalue weighted by Crippen LogP contribution is 2.45. The fraction of sp³-hybridized carbons (Fsp3) is 0.650. The van der Waals surface area contributed by atoms with E-state index in [1.54, 1.807) is 0 Å². The van der Waals surface area contributed by atoms with Gasteiger partial charge in [-0.25, -0.2) is 4.79 Å². The Morgan fingerprint density at radius 1 is 1.16 bits per heavy atom. The minimum Gasteiger partial charge on any atom is -0.471 e. The Morgan fingerprint density at radius 3 is 2.28 bits per heavy atom. The monoisotopic (exact) mass is 467 g/mol. The lowest BCUT2D eigenvalue weighted by Gasteiger charge is -2.25. The fourth-order valence-electron chi connectivity index (χ4n) is 2.82. The third-order valence-corrected chi connectivity index (χ3v) is 4.55. The molecule has 0 bridgehead atoms. The molecule has 1 fully saturated rings. The average molecular weight is 467 g/mol. The lowest BCUT2D eigenvalue weighted by atomic mass is 9.88. The maximum atomic E-state index is 13.3. The van der Waals surface area contributed by atoms with Gasteiger partial charge in [-0.15, -0.1) is 0 Å². The summed E-state index contributed by atoms with van der Waals surface area (Å²) in [7, 11) is 1.41. The van der Waals surface area contributed by atoms with Gasteiger partial charge in [-0.3, -0.25) is 4.79 Å². The van der Waals surface area contributed by atoms with E-state index in [0.29, 0.717) is 18.4 Å². The molecule has 1 atom stereocenters. The summed E-state index contributed by atoms with van der Waals surface area (Å²) in [6.07, 6.45) is -5.12. The van der Waals surface area contributed by atoms with E-state index < -0.39 is 42.6 Å². The number of pyridine rings is 1. The van der Waals surface area contributed by atoms with E-state index in [-0.39, 0.29) is 23.6 Å². The van der Waals surface area contributed by atoms with Crippen molar-refractivity contribution < 1.29 is 41.0 Å². The molecule has 1 heterocycles. The van der Waals surface area contributed by atoms with E-state index in [4.69, 9.17) is 9.47 Å². The molecular formula is C20H26F5N3O4. The van der Waals surface area contributed by atoms with Crippen molar-refractivity contribution in [2.45, 2.75) is 64.1 Å². The Labute approximate surface area is 182 Å². The van der Waals surface area contributed by atoms with Crippen LogP contribution in [0.15, 0.2) is 12.1 Å². The molecule has 32 heavy (non-hydrogen) atoms. The molecule has 1 saturated carbocycles. The highest BCUT2D eigenvalue weighted by atomic mass is 19.4. The third-order valence-electron chi connectivity index (χ3n) is 4.55. The summed E-state index contributed by atoms with van der Waals surface area (Å²) in [4.78, 5) is 28.1. The van der Waals surface area contributed by atoms with Gasteiger partial charge in [-0.05, 0) is 36.7 Å². The predicted octanol–water partition coefficient (Wildman–Crippen LogP) is 4.17. The van der Waals surface area contributed by atoms with Crippen molar-refractivity contribution >= 4 is 12.0 Å². The zero-order valence-electron chi connectivity index (χ0n) is 18.1. The van der Waals surface area contributed by atoms with Gasteiger partial charge in [0.1, 0.15) is 6.04 Å². The maximum Gasteiger partial charge on any atom is 0.456 e. The molecule has 1 aliphatic carbocycles. The summed E-state index contributed by atoms with van der Waals surface area (Å²) >= 11 is 0. The van der Waals surface area contributed by atoms with Crippen molar-refractivity contribution in [1.29, 1.82) is 0 Å². The van der Waals surface area contributed by atoms with E-state index in [2.05, 4.69) is 15.6 Å². The molecular weight excluding hydrogens is 441 g/mol. The van der Waals surface area contributed by atoms with Crippen LogP contribution in [-0.2, 0) is 4.79 Å². The summed E-state index contributed by atoms with van der Waals surface area (Å²) in [5.74, 6) is -6.43. The van der Waals surface area contributed by atoms with Crippen LogP contribution in [0.4, 0.5) is 26.7 Å². The van der Waals surface area contributed by atoms with Gasteiger partial charge in [0, 0.05) is 18.7 Å². The minimum atomic E-state index is -5.78. The smallest absolute Gasteiger partial charge is 0.456 e. The number of aromatic nitrogens is 1. The van der Waals surface area contributed by atoms with Crippen molar-refractivity contribution in [2.75, 3.05) is 13.7 Å².